The largest absolute Gasteiger partial charge is 0.331 e. The molecule has 1 amide bonds. The van der Waals surface area contributed by atoms with Crippen molar-refractivity contribution in [3.63, 3.8) is 0 Å². The molecule has 0 unspecified atom stereocenters. The van der Waals surface area contributed by atoms with Gasteiger partial charge in [0.2, 0.25) is 5.91 Å². The molecule has 0 bridgehead atoms. The summed E-state index contributed by atoms with van der Waals surface area (Å²) in [5.74, 6) is 1.22. The molecular weight excluding hydrogens is 288 g/mol. The third kappa shape index (κ3) is 2.45. The molecule has 23 heavy (non-hydrogen) atoms. The van der Waals surface area contributed by atoms with E-state index in [1.807, 2.05) is 11.1 Å². The quantitative estimate of drug-likeness (QED) is 0.859. The number of carbonyl (C=O) groups is 1. The van der Waals surface area contributed by atoms with Crippen molar-refractivity contribution in [2.75, 3.05) is 13.1 Å². The first-order chi connectivity index (χ1) is 11.2. The summed E-state index contributed by atoms with van der Waals surface area (Å²) in [6.07, 6.45) is 9.67. The summed E-state index contributed by atoms with van der Waals surface area (Å²) in [6, 6.07) is 0. The molecule has 0 aromatic carbocycles. The van der Waals surface area contributed by atoms with E-state index < -0.39 is 0 Å². The highest BCUT2D eigenvalue weighted by Gasteiger charge is 2.49. The normalized spacial score (nSPS) is 23.4. The molecule has 3 heterocycles. The molecule has 2 aliphatic heterocycles. The molecule has 124 valence electrons. The van der Waals surface area contributed by atoms with E-state index in [1.54, 1.807) is 0 Å². The third-order valence-electron chi connectivity index (χ3n) is 5.85. The van der Waals surface area contributed by atoms with Gasteiger partial charge in [-0.05, 0) is 38.8 Å². The van der Waals surface area contributed by atoms with Crippen LogP contribution in [0.1, 0.15) is 62.5 Å². The van der Waals surface area contributed by atoms with E-state index in [4.69, 9.17) is 0 Å². The number of amides is 1. The molecule has 2 fully saturated rings. The predicted molar refractivity (Wildman–Crippen MR) is 87.7 cm³/mol. The molecule has 5 nitrogen and oxygen atoms in total. The summed E-state index contributed by atoms with van der Waals surface area (Å²) in [7, 11) is 0. The third-order valence-corrected chi connectivity index (χ3v) is 5.85. The second kappa shape index (κ2) is 5.86. The van der Waals surface area contributed by atoms with Gasteiger partial charge in [-0.1, -0.05) is 19.8 Å². The van der Waals surface area contributed by atoms with Crippen LogP contribution in [0, 0.1) is 0 Å². The van der Waals surface area contributed by atoms with Gasteiger partial charge in [-0.25, -0.2) is 9.97 Å². The molecule has 1 aliphatic carbocycles. The Bertz CT molecular complexity index is 603. The van der Waals surface area contributed by atoms with Gasteiger partial charge in [-0.3, -0.25) is 9.69 Å². The van der Waals surface area contributed by atoms with Crippen LogP contribution in [0.5, 0.6) is 0 Å². The zero-order valence-electron chi connectivity index (χ0n) is 14.1. The van der Waals surface area contributed by atoms with Gasteiger partial charge in [0.1, 0.15) is 11.4 Å². The number of likely N-dealkylation sites (tertiary alicyclic amines) is 1. The van der Waals surface area contributed by atoms with E-state index in [0.29, 0.717) is 19.0 Å². The molecule has 4 rings (SSSR count). The van der Waals surface area contributed by atoms with Gasteiger partial charge in [0.15, 0.2) is 0 Å². The van der Waals surface area contributed by atoms with Gasteiger partial charge in [0.05, 0.1) is 12.2 Å². The van der Waals surface area contributed by atoms with Crippen molar-refractivity contribution in [2.45, 2.75) is 70.5 Å². The van der Waals surface area contributed by atoms with E-state index >= 15 is 0 Å². The Morgan fingerprint density at radius 1 is 1.17 bits per heavy atom. The Labute approximate surface area is 138 Å². The summed E-state index contributed by atoms with van der Waals surface area (Å²) in [4.78, 5) is 27.0. The summed E-state index contributed by atoms with van der Waals surface area (Å²) >= 11 is 0. The molecule has 1 aromatic rings. The number of carbonyl (C=O) groups excluding carboxylic acids is 1. The second-order valence-corrected chi connectivity index (χ2v) is 7.21. The molecule has 0 atom stereocenters. The van der Waals surface area contributed by atoms with Crippen molar-refractivity contribution in [1.82, 2.24) is 19.8 Å². The summed E-state index contributed by atoms with van der Waals surface area (Å²) < 4.78 is 0. The van der Waals surface area contributed by atoms with Crippen molar-refractivity contribution in [3.05, 3.63) is 23.3 Å². The lowest BCUT2D eigenvalue weighted by atomic mass is 9.93. The number of aromatic nitrogens is 2. The molecule has 1 saturated heterocycles. The van der Waals surface area contributed by atoms with Gasteiger partial charge in [-0.15, -0.1) is 0 Å². The minimum absolute atomic E-state index is 0.223. The van der Waals surface area contributed by atoms with Gasteiger partial charge < -0.3 is 4.90 Å². The van der Waals surface area contributed by atoms with Crippen molar-refractivity contribution in [2.24, 2.45) is 0 Å². The van der Waals surface area contributed by atoms with Gasteiger partial charge in [0.25, 0.3) is 0 Å². The molecular formula is C18H26N4O. The lowest BCUT2D eigenvalue weighted by molar-refractivity contribution is -0.144. The fourth-order valence-electron chi connectivity index (χ4n) is 4.57. The molecule has 0 N–H and O–H groups in total. The molecule has 3 aliphatic rings. The number of nitrogens with zero attached hydrogens (tertiary/aromatic N) is 4. The summed E-state index contributed by atoms with van der Waals surface area (Å²) in [6.45, 7) is 5.60. The molecule has 0 spiro atoms. The highest BCUT2D eigenvalue weighted by Crippen LogP contribution is 2.40. The van der Waals surface area contributed by atoms with Gasteiger partial charge in [-0.2, -0.15) is 0 Å². The fourth-order valence-corrected chi connectivity index (χ4v) is 4.57. The second-order valence-electron chi connectivity index (χ2n) is 7.21. The van der Waals surface area contributed by atoms with Crippen molar-refractivity contribution in [3.8, 4) is 0 Å². The highest BCUT2D eigenvalue weighted by molar-refractivity contribution is 5.87. The van der Waals surface area contributed by atoms with E-state index in [9.17, 15) is 4.79 Å². The predicted octanol–water partition coefficient (Wildman–Crippen LogP) is 2.29. The monoisotopic (exact) mass is 314 g/mol. The Kier molecular flexibility index (Phi) is 3.84. The lowest BCUT2D eigenvalue weighted by Crippen LogP contribution is -2.56. The van der Waals surface area contributed by atoms with Crippen LogP contribution in [0.4, 0.5) is 0 Å². The minimum atomic E-state index is -0.223. The van der Waals surface area contributed by atoms with Crippen LogP contribution in [0.25, 0.3) is 0 Å². The SMILES string of the molecule is CCc1ncc2c(n1)CN(C(=O)C1(N3CCCC3)CCCC1)C2. The van der Waals surface area contributed by atoms with Crippen LogP contribution in [0.15, 0.2) is 6.20 Å². The van der Waals surface area contributed by atoms with Crippen LogP contribution in [0.3, 0.4) is 0 Å². The van der Waals surface area contributed by atoms with E-state index in [-0.39, 0.29) is 5.54 Å². The van der Waals surface area contributed by atoms with Crippen LogP contribution in [-0.2, 0) is 24.3 Å². The number of aryl methyl sites for hydroxylation is 1. The summed E-state index contributed by atoms with van der Waals surface area (Å²) in [5.41, 5.74) is 1.96. The van der Waals surface area contributed by atoms with E-state index in [0.717, 1.165) is 49.4 Å². The number of hydrogen-bond acceptors (Lipinski definition) is 4. The number of rotatable bonds is 3. The highest BCUT2D eigenvalue weighted by atomic mass is 16.2. The molecule has 1 aromatic heterocycles. The van der Waals surface area contributed by atoms with Crippen molar-refractivity contribution in [1.29, 1.82) is 0 Å². The molecule has 0 radical (unpaired) electrons. The fraction of sp³-hybridized carbons (Fsp3) is 0.722. The van der Waals surface area contributed by atoms with Crippen molar-refractivity contribution < 1.29 is 4.79 Å². The lowest BCUT2D eigenvalue weighted by Gasteiger charge is -2.39. The van der Waals surface area contributed by atoms with Crippen LogP contribution < -0.4 is 0 Å². The first-order valence-electron chi connectivity index (χ1n) is 9.11. The average molecular weight is 314 g/mol. The first kappa shape index (κ1) is 15.1. The van der Waals surface area contributed by atoms with Crippen LogP contribution in [0.2, 0.25) is 0 Å². The summed E-state index contributed by atoms with van der Waals surface area (Å²) in [5, 5.41) is 0. The maximum atomic E-state index is 13.4. The average Bonchev–Trinajstić information content (AvgIpc) is 3.32. The van der Waals surface area contributed by atoms with E-state index in [1.165, 1.54) is 25.7 Å². The Morgan fingerprint density at radius 2 is 1.91 bits per heavy atom. The smallest absolute Gasteiger partial charge is 0.243 e. The van der Waals surface area contributed by atoms with E-state index in [2.05, 4.69) is 21.8 Å². The molecule has 1 saturated carbocycles. The minimum Gasteiger partial charge on any atom is -0.331 e. The van der Waals surface area contributed by atoms with Crippen LogP contribution >= 0.6 is 0 Å². The maximum Gasteiger partial charge on any atom is 0.243 e. The maximum absolute atomic E-state index is 13.4. The molecule has 5 heteroatoms. The van der Waals surface area contributed by atoms with Gasteiger partial charge >= 0.3 is 0 Å². The zero-order chi connectivity index (χ0) is 15.9. The topological polar surface area (TPSA) is 49.3 Å². The Balaban J connectivity index is 1.57. The number of fused-ring (bicyclic) bond motifs is 1. The van der Waals surface area contributed by atoms with Crippen LogP contribution in [-0.4, -0.2) is 44.3 Å². The zero-order valence-corrected chi connectivity index (χ0v) is 14.1. The standard InChI is InChI=1S/C18H26N4O/c1-2-16-19-11-14-12-21(13-15(14)20-16)17(23)18(7-3-4-8-18)22-9-5-6-10-22/h11H,2-10,12-13H2,1H3. The van der Waals surface area contributed by atoms with Gasteiger partial charge in [0, 0.05) is 24.7 Å². The Morgan fingerprint density at radius 3 is 2.61 bits per heavy atom. The first-order valence-corrected chi connectivity index (χ1v) is 9.11. The number of hydrogen-bond donors (Lipinski definition) is 0. The van der Waals surface area contributed by atoms with Crippen molar-refractivity contribution >= 4 is 5.91 Å². The Hall–Kier alpha value is -1.49.